The van der Waals surface area contributed by atoms with E-state index in [4.69, 9.17) is 39.7 Å². The number of nitrogens with two attached hydrogens (primary N) is 1. The first-order valence-electron chi connectivity index (χ1n) is 8.36. The predicted molar refractivity (Wildman–Crippen MR) is 91.7 cm³/mol. The number of carboxylic acids is 2. The summed E-state index contributed by atoms with van der Waals surface area (Å²) in [5.41, 5.74) is 5.67. The van der Waals surface area contributed by atoms with Crippen LogP contribution in [0.2, 0.25) is 0 Å². The van der Waals surface area contributed by atoms with E-state index in [-0.39, 0.29) is 12.1 Å². The topological polar surface area (TPSA) is 149 Å². The van der Waals surface area contributed by atoms with Crippen molar-refractivity contribution in [2.45, 2.75) is 58.5 Å². The van der Waals surface area contributed by atoms with E-state index in [9.17, 15) is 4.79 Å². The summed E-state index contributed by atoms with van der Waals surface area (Å²) < 4.78 is 16.8. The Morgan fingerprint density at radius 3 is 1.88 bits per heavy atom. The molecule has 1 heterocycles. The number of ether oxygens (including phenoxy) is 3. The largest absolute Gasteiger partial charge is 0.473 e. The van der Waals surface area contributed by atoms with Gasteiger partial charge in [-0.2, -0.15) is 0 Å². The molecule has 0 saturated carbocycles. The van der Waals surface area contributed by atoms with Gasteiger partial charge in [-0.05, 0) is 34.6 Å². The van der Waals surface area contributed by atoms with Crippen molar-refractivity contribution in [3.05, 3.63) is 0 Å². The lowest BCUT2D eigenvalue weighted by molar-refractivity contribution is -0.260. The van der Waals surface area contributed by atoms with Crippen molar-refractivity contribution in [3.8, 4) is 0 Å². The van der Waals surface area contributed by atoms with E-state index < -0.39 is 23.3 Å². The van der Waals surface area contributed by atoms with E-state index in [0.29, 0.717) is 32.7 Å². The fourth-order valence-corrected chi connectivity index (χ4v) is 2.33. The Hall–Kier alpha value is -1.91. The highest BCUT2D eigenvalue weighted by molar-refractivity contribution is 6.27. The first kappa shape index (κ1) is 24.1. The molecule has 0 radical (unpaired) electrons. The molecule has 10 nitrogen and oxygen atoms in total. The number of aliphatic carboxylic acids is 2. The average molecular weight is 378 g/mol. The van der Waals surface area contributed by atoms with Gasteiger partial charge in [0.15, 0.2) is 5.79 Å². The highest BCUT2D eigenvalue weighted by Gasteiger charge is 2.44. The number of piperidine rings is 1. The van der Waals surface area contributed by atoms with Gasteiger partial charge in [-0.3, -0.25) is 0 Å². The molecule has 4 N–H and O–H groups in total. The smallest absolute Gasteiger partial charge is 0.414 e. The zero-order chi connectivity index (χ0) is 20.5. The fraction of sp³-hybridized carbons (Fsp3) is 0.812. The van der Waals surface area contributed by atoms with Crippen LogP contribution in [0.3, 0.4) is 0 Å². The van der Waals surface area contributed by atoms with Gasteiger partial charge in [-0.1, -0.05) is 0 Å². The second kappa shape index (κ2) is 10.3. The van der Waals surface area contributed by atoms with Crippen LogP contribution in [0.15, 0.2) is 0 Å². The molecule has 0 aromatic carbocycles. The third-order valence-corrected chi connectivity index (χ3v) is 3.32. The Morgan fingerprint density at radius 2 is 1.58 bits per heavy atom. The molecule has 1 amide bonds. The summed E-state index contributed by atoms with van der Waals surface area (Å²) in [5.74, 6) is -4.44. The fourth-order valence-electron chi connectivity index (χ4n) is 2.33. The monoisotopic (exact) mass is 378 g/mol. The van der Waals surface area contributed by atoms with Crippen molar-refractivity contribution in [3.63, 3.8) is 0 Å². The average Bonchev–Trinajstić information content (AvgIpc) is 2.49. The molecule has 0 spiro atoms. The SMILES string of the molecule is CCOC1(OCC)CCN(C(=O)OC(C)(C)C)CC1N.O=C(O)C(=O)O. The Morgan fingerprint density at radius 1 is 1.12 bits per heavy atom. The number of amides is 1. The number of hydrogen-bond donors (Lipinski definition) is 3. The minimum absolute atomic E-state index is 0.338. The van der Waals surface area contributed by atoms with E-state index in [1.165, 1.54) is 0 Å². The molecule has 1 atom stereocenters. The predicted octanol–water partition coefficient (Wildman–Crippen LogP) is 0.879. The number of carboxylic acid groups (broad SMARTS) is 2. The Kier molecular flexibility index (Phi) is 9.53. The molecule has 0 aromatic heterocycles. The van der Waals surface area contributed by atoms with Crippen molar-refractivity contribution >= 4 is 18.0 Å². The van der Waals surface area contributed by atoms with Crippen molar-refractivity contribution < 1.29 is 38.8 Å². The lowest BCUT2D eigenvalue weighted by Crippen LogP contribution is -2.63. The molecule has 1 fully saturated rings. The zero-order valence-electron chi connectivity index (χ0n) is 16.0. The number of hydrogen-bond acceptors (Lipinski definition) is 7. The van der Waals surface area contributed by atoms with Gasteiger partial charge in [0.05, 0.1) is 6.04 Å². The molecule has 1 unspecified atom stereocenters. The maximum absolute atomic E-state index is 12.1. The standard InChI is InChI=1S/C14H28N2O4.C2H2O4/c1-6-18-14(19-7-2)8-9-16(10-11(14)15)12(17)20-13(3,4)5;3-1(4)2(5)6/h11H,6-10,15H2,1-5H3;(H,3,4)(H,5,6). The molecule has 0 aliphatic carbocycles. The van der Waals surface area contributed by atoms with Gasteiger partial charge in [-0.25, -0.2) is 14.4 Å². The highest BCUT2D eigenvalue weighted by Crippen LogP contribution is 2.28. The van der Waals surface area contributed by atoms with Crippen LogP contribution in [0.4, 0.5) is 4.79 Å². The van der Waals surface area contributed by atoms with Crippen LogP contribution >= 0.6 is 0 Å². The zero-order valence-corrected chi connectivity index (χ0v) is 16.0. The van der Waals surface area contributed by atoms with Crippen LogP contribution in [0, 0.1) is 0 Å². The van der Waals surface area contributed by atoms with E-state index >= 15 is 0 Å². The molecule has 1 aliphatic rings. The van der Waals surface area contributed by atoms with Gasteiger partial charge in [0.25, 0.3) is 0 Å². The van der Waals surface area contributed by atoms with Gasteiger partial charge < -0.3 is 35.1 Å². The molecule has 26 heavy (non-hydrogen) atoms. The highest BCUT2D eigenvalue weighted by atomic mass is 16.7. The first-order chi connectivity index (χ1) is 11.9. The van der Waals surface area contributed by atoms with Gasteiger partial charge in [0, 0.05) is 32.7 Å². The second-order valence-electron chi connectivity index (χ2n) is 6.57. The van der Waals surface area contributed by atoms with Crippen LogP contribution in [0.5, 0.6) is 0 Å². The van der Waals surface area contributed by atoms with Gasteiger partial charge in [0.2, 0.25) is 0 Å². The third kappa shape index (κ3) is 7.98. The van der Waals surface area contributed by atoms with E-state index in [1.807, 2.05) is 34.6 Å². The summed E-state index contributed by atoms with van der Waals surface area (Å²) in [6.45, 7) is 11.3. The van der Waals surface area contributed by atoms with Crippen LogP contribution in [0.1, 0.15) is 41.0 Å². The van der Waals surface area contributed by atoms with Crippen molar-refractivity contribution in [2.24, 2.45) is 5.73 Å². The summed E-state index contributed by atoms with van der Waals surface area (Å²) in [7, 11) is 0. The Balaban J connectivity index is 0.000000896. The Labute approximate surface area is 153 Å². The van der Waals surface area contributed by atoms with Crippen LogP contribution < -0.4 is 5.73 Å². The third-order valence-electron chi connectivity index (χ3n) is 3.32. The van der Waals surface area contributed by atoms with Crippen molar-refractivity contribution in [2.75, 3.05) is 26.3 Å². The molecule has 1 saturated heterocycles. The summed E-state index contributed by atoms with van der Waals surface area (Å²) in [5, 5.41) is 14.8. The lowest BCUT2D eigenvalue weighted by atomic mass is 9.98. The molecule has 0 aromatic rings. The van der Waals surface area contributed by atoms with Crippen molar-refractivity contribution in [1.29, 1.82) is 0 Å². The minimum atomic E-state index is -1.82. The van der Waals surface area contributed by atoms with Crippen LogP contribution in [0.25, 0.3) is 0 Å². The number of likely N-dealkylation sites (tertiary alicyclic amines) is 1. The molecular formula is C16H30N2O8. The van der Waals surface area contributed by atoms with Crippen LogP contribution in [-0.4, -0.2) is 76.9 Å². The Bertz CT molecular complexity index is 471. The van der Waals surface area contributed by atoms with Crippen molar-refractivity contribution in [1.82, 2.24) is 4.90 Å². The molecule has 1 rings (SSSR count). The van der Waals surface area contributed by atoms with E-state index in [2.05, 4.69) is 0 Å². The molecular weight excluding hydrogens is 348 g/mol. The summed E-state index contributed by atoms with van der Waals surface area (Å²) in [4.78, 5) is 31.9. The molecule has 152 valence electrons. The molecule has 1 aliphatic heterocycles. The number of carbonyl (C=O) groups excluding carboxylic acids is 1. The van der Waals surface area contributed by atoms with Gasteiger partial charge >= 0.3 is 18.0 Å². The van der Waals surface area contributed by atoms with E-state index in [1.54, 1.807) is 4.90 Å². The summed E-state index contributed by atoms with van der Waals surface area (Å²) >= 11 is 0. The maximum Gasteiger partial charge on any atom is 0.414 e. The number of nitrogens with zero attached hydrogens (tertiary/aromatic N) is 1. The summed E-state index contributed by atoms with van der Waals surface area (Å²) in [6, 6.07) is -0.385. The second-order valence-corrected chi connectivity index (χ2v) is 6.57. The quantitative estimate of drug-likeness (QED) is 0.478. The molecule has 10 heteroatoms. The number of carbonyl (C=O) groups is 3. The minimum Gasteiger partial charge on any atom is -0.473 e. The van der Waals surface area contributed by atoms with Crippen LogP contribution in [-0.2, 0) is 23.8 Å². The van der Waals surface area contributed by atoms with Gasteiger partial charge in [-0.15, -0.1) is 0 Å². The number of rotatable bonds is 4. The van der Waals surface area contributed by atoms with Gasteiger partial charge in [0.1, 0.15) is 5.60 Å². The summed E-state index contributed by atoms with van der Waals surface area (Å²) in [6.07, 6.45) is 0.212. The lowest BCUT2D eigenvalue weighted by Gasteiger charge is -2.45. The molecule has 0 bridgehead atoms. The first-order valence-corrected chi connectivity index (χ1v) is 8.36. The van der Waals surface area contributed by atoms with E-state index in [0.717, 1.165) is 0 Å². The maximum atomic E-state index is 12.1. The normalized spacial score (nSPS) is 19.2.